The van der Waals surface area contributed by atoms with Crippen LogP contribution >= 0.6 is 0 Å². The molecule has 0 aliphatic heterocycles. The Kier molecular flexibility index (Phi) is 5.53. The molecule has 1 aromatic carbocycles. The van der Waals surface area contributed by atoms with Crippen LogP contribution in [-0.4, -0.2) is 12.5 Å². The number of amides is 1. The predicted molar refractivity (Wildman–Crippen MR) is 72.1 cm³/mol. The smallest absolute Gasteiger partial charge is 0.253 e. The van der Waals surface area contributed by atoms with Crippen LogP contribution in [0.1, 0.15) is 48.5 Å². The van der Waals surface area contributed by atoms with Crippen LogP contribution in [0, 0.1) is 6.92 Å². The van der Waals surface area contributed by atoms with Gasteiger partial charge in [-0.05, 0) is 31.0 Å². The SMILES string of the molecule is CCCCCCNC(=O)c1ccc(C)cc1N. The summed E-state index contributed by atoms with van der Waals surface area (Å²) in [5.41, 5.74) is 8.01. The van der Waals surface area contributed by atoms with E-state index in [4.69, 9.17) is 5.73 Å². The third-order valence-corrected chi connectivity index (χ3v) is 2.77. The average Bonchev–Trinajstić information content (AvgIpc) is 2.28. The number of anilines is 1. The molecule has 94 valence electrons. The van der Waals surface area contributed by atoms with E-state index in [2.05, 4.69) is 12.2 Å². The summed E-state index contributed by atoms with van der Waals surface area (Å²) in [6.07, 6.45) is 4.63. The highest BCUT2D eigenvalue weighted by Gasteiger charge is 2.08. The molecule has 0 saturated heterocycles. The Hall–Kier alpha value is -1.51. The molecule has 3 nitrogen and oxygen atoms in total. The molecular weight excluding hydrogens is 212 g/mol. The summed E-state index contributed by atoms with van der Waals surface area (Å²) in [6.45, 7) is 4.86. The van der Waals surface area contributed by atoms with Crippen molar-refractivity contribution in [3.05, 3.63) is 29.3 Å². The Balaban J connectivity index is 2.42. The normalized spacial score (nSPS) is 10.2. The topological polar surface area (TPSA) is 55.1 Å². The largest absolute Gasteiger partial charge is 0.398 e. The van der Waals surface area contributed by atoms with Gasteiger partial charge in [0.15, 0.2) is 0 Å². The minimum Gasteiger partial charge on any atom is -0.398 e. The molecule has 0 aliphatic rings. The average molecular weight is 234 g/mol. The molecule has 0 fully saturated rings. The molecule has 3 heteroatoms. The van der Waals surface area contributed by atoms with Gasteiger partial charge in [-0.15, -0.1) is 0 Å². The first-order valence-electron chi connectivity index (χ1n) is 6.29. The summed E-state index contributed by atoms with van der Waals surface area (Å²) in [5.74, 6) is -0.0704. The van der Waals surface area contributed by atoms with Gasteiger partial charge in [-0.1, -0.05) is 32.3 Å². The second-order valence-corrected chi connectivity index (χ2v) is 4.41. The van der Waals surface area contributed by atoms with Gasteiger partial charge in [0.05, 0.1) is 5.56 Å². The first-order valence-corrected chi connectivity index (χ1v) is 6.29. The van der Waals surface area contributed by atoms with Gasteiger partial charge in [-0.2, -0.15) is 0 Å². The number of nitrogens with two attached hydrogens (primary N) is 1. The highest BCUT2D eigenvalue weighted by atomic mass is 16.1. The van der Waals surface area contributed by atoms with E-state index in [9.17, 15) is 4.79 Å². The molecule has 0 unspecified atom stereocenters. The maximum atomic E-state index is 11.8. The van der Waals surface area contributed by atoms with Gasteiger partial charge in [-0.3, -0.25) is 4.79 Å². The van der Waals surface area contributed by atoms with E-state index in [-0.39, 0.29) is 5.91 Å². The lowest BCUT2D eigenvalue weighted by Crippen LogP contribution is -2.25. The van der Waals surface area contributed by atoms with Crippen LogP contribution in [0.4, 0.5) is 5.69 Å². The second kappa shape index (κ2) is 6.94. The van der Waals surface area contributed by atoms with Crippen molar-refractivity contribution in [2.24, 2.45) is 0 Å². The Morgan fingerprint density at radius 3 is 2.71 bits per heavy atom. The van der Waals surface area contributed by atoms with E-state index in [0.29, 0.717) is 11.3 Å². The van der Waals surface area contributed by atoms with Crippen LogP contribution in [0.3, 0.4) is 0 Å². The Bertz CT molecular complexity index is 374. The second-order valence-electron chi connectivity index (χ2n) is 4.41. The molecule has 0 aliphatic carbocycles. The molecule has 1 rings (SSSR count). The number of hydrogen-bond donors (Lipinski definition) is 2. The minimum absolute atomic E-state index is 0.0704. The highest BCUT2D eigenvalue weighted by molar-refractivity contribution is 5.99. The quantitative estimate of drug-likeness (QED) is 0.587. The van der Waals surface area contributed by atoms with Crippen LogP contribution < -0.4 is 11.1 Å². The van der Waals surface area contributed by atoms with Gasteiger partial charge >= 0.3 is 0 Å². The molecule has 0 atom stereocenters. The van der Waals surface area contributed by atoms with Crippen molar-refractivity contribution in [2.75, 3.05) is 12.3 Å². The van der Waals surface area contributed by atoms with E-state index in [1.807, 2.05) is 19.1 Å². The summed E-state index contributed by atoms with van der Waals surface area (Å²) in [6, 6.07) is 5.51. The van der Waals surface area contributed by atoms with E-state index in [1.165, 1.54) is 19.3 Å². The number of nitrogen functional groups attached to an aromatic ring is 1. The van der Waals surface area contributed by atoms with Gasteiger partial charge < -0.3 is 11.1 Å². The van der Waals surface area contributed by atoms with Crippen molar-refractivity contribution in [3.8, 4) is 0 Å². The van der Waals surface area contributed by atoms with Crippen molar-refractivity contribution in [1.82, 2.24) is 5.32 Å². The zero-order valence-corrected chi connectivity index (χ0v) is 10.8. The summed E-state index contributed by atoms with van der Waals surface area (Å²) in [5, 5.41) is 2.90. The van der Waals surface area contributed by atoms with Gasteiger partial charge in [0, 0.05) is 12.2 Å². The van der Waals surface area contributed by atoms with Crippen molar-refractivity contribution >= 4 is 11.6 Å². The third kappa shape index (κ3) is 4.47. The number of benzene rings is 1. The number of rotatable bonds is 6. The van der Waals surface area contributed by atoms with E-state index in [1.54, 1.807) is 6.07 Å². The fourth-order valence-electron chi connectivity index (χ4n) is 1.74. The predicted octanol–water partition coefficient (Wildman–Crippen LogP) is 2.89. The number of unbranched alkanes of at least 4 members (excludes halogenated alkanes) is 3. The van der Waals surface area contributed by atoms with Crippen LogP contribution in [0.25, 0.3) is 0 Å². The fourth-order valence-corrected chi connectivity index (χ4v) is 1.74. The molecule has 0 aromatic heterocycles. The zero-order valence-electron chi connectivity index (χ0n) is 10.8. The molecule has 1 amide bonds. The molecule has 3 N–H and O–H groups in total. The van der Waals surface area contributed by atoms with Crippen LogP contribution in [-0.2, 0) is 0 Å². The minimum atomic E-state index is -0.0704. The molecule has 0 radical (unpaired) electrons. The summed E-state index contributed by atoms with van der Waals surface area (Å²) in [4.78, 5) is 11.8. The summed E-state index contributed by atoms with van der Waals surface area (Å²) in [7, 11) is 0. The number of carbonyl (C=O) groups excluding carboxylic acids is 1. The highest BCUT2D eigenvalue weighted by Crippen LogP contribution is 2.13. The van der Waals surface area contributed by atoms with Crippen LogP contribution in [0.2, 0.25) is 0 Å². The van der Waals surface area contributed by atoms with Crippen molar-refractivity contribution in [2.45, 2.75) is 39.5 Å². The lowest BCUT2D eigenvalue weighted by Gasteiger charge is -2.08. The summed E-state index contributed by atoms with van der Waals surface area (Å²) >= 11 is 0. The van der Waals surface area contributed by atoms with Gasteiger partial charge in [0.1, 0.15) is 0 Å². The van der Waals surface area contributed by atoms with Crippen LogP contribution in [0.15, 0.2) is 18.2 Å². The number of aryl methyl sites for hydroxylation is 1. The Morgan fingerprint density at radius 2 is 2.06 bits per heavy atom. The maximum Gasteiger partial charge on any atom is 0.253 e. The van der Waals surface area contributed by atoms with Crippen molar-refractivity contribution in [1.29, 1.82) is 0 Å². The lowest BCUT2D eigenvalue weighted by molar-refractivity contribution is 0.0954. The summed E-state index contributed by atoms with van der Waals surface area (Å²) < 4.78 is 0. The maximum absolute atomic E-state index is 11.8. The zero-order chi connectivity index (χ0) is 12.7. The van der Waals surface area contributed by atoms with E-state index in [0.717, 1.165) is 18.5 Å². The van der Waals surface area contributed by atoms with Crippen molar-refractivity contribution < 1.29 is 4.79 Å². The molecule has 0 bridgehead atoms. The number of hydrogen-bond acceptors (Lipinski definition) is 2. The molecule has 0 spiro atoms. The van der Waals surface area contributed by atoms with E-state index >= 15 is 0 Å². The Labute approximate surface area is 103 Å². The van der Waals surface area contributed by atoms with E-state index < -0.39 is 0 Å². The Morgan fingerprint density at radius 1 is 1.29 bits per heavy atom. The van der Waals surface area contributed by atoms with Gasteiger partial charge in [0.2, 0.25) is 0 Å². The lowest BCUT2D eigenvalue weighted by atomic mass is 10.1. The molecule has 0 saturated carbocycles. The monoisotopic (exact) mass is 234 g/mol. The fraction of sp³-hybridized carbons (Fsp3) is 0.500. The van der Waals surface area contributed by atoms with Crippen molar-refractivity contribution in [3.63, 3.8) is 0 Å². The standard InChI is InChI=1S/C14H22N2O/c1-3-4-5-6-9-16-14(17)12-8-7-11(2)10-13(12)15/h7-8,10H,3-6,9,15H2,1-2H3,(H,16,17). The van der Waals surface area contributed by atoms with Crippen LogP contribution in [0.5, 0.6) is 0 Å². The molecule has 1 aromatic rings. The first kappa shape index (κ1) is 13.6. The molecule has 17 heavy (non-hydrogen) atoms. The molecule has 0 heterocycles. The number of nitrogens with one attached hydrogen (secondary N) is 1. The van der Waals surface area contributed by atoms with Gasteiger partial charge in [-0.25, -0.2) is 0 Å². The number of carbonyl (C=O) groups is 1. The first-order chi connectivity index (χ1) is 8.15. The van der Waals surface area contributed by atoms with Gasteiger partial charge in [0.25, 0.3) is 5.91 Å². The third-order valence-electron chi connectivity index (χ3n) is 2.77. The molecular formula is C14H22N2O.